The van der Waals surface area contributed by atoms with Crippen molar-refractivity contribution in [1.82, 2.24) is 15.1 Å². The first kappa shape index (κ1) is 16.8. The van der Waals surface area contributed by atoms with Gasteiger partial charge in [-0.2, -0.15) is 5.10 Å². The number of aryl methyl sites for hydroxylation is 1. The summed E-state index contributed by atoms with van der Waals surface area (Å²) in [6, 6.07) is 18.3. The molecule has 0 spiro atoms. The highest BCUT2D eigenvalue weighted by Gasteiger charge is 2.46. The molecular weight excluding hydrogens is 322 g/mol. The lowest BCUT2D eigenvalue weighted by atomic mass is 10.0. The minimum atomic E-state index is -0.217. The first-order chi connectivity index (χ1) is 12.7. The van der Waals surface area contributed by atoms with E-state index in [1.807, 2.05) is 41.1 Å². The molecule has 134 valence electrons. The van der Waals surface area contributed by atoms with Crippen LogP contribution in [0.15, 0.2) is 54.6 Å². The SMILES string of the molecule is CCCCCn1nc(C(=O)NC2(c3ccccc3)CC2)c2ccccc21. The molecule has 4 rings (SSSR count). The van der Waals surface area contributed by atoms with E-state index >= 15 is 0 Å². The molecule has 1 heterocycles. The third-order valence-corrected chi connectivity index (χ3v) is 5.28. The zero-order valence-corrected chi connectivity index (χ0v) is 15.2. The molecule has 0 saturated heterocycles. The largest absolute Gasteiger partial charge is 0.341 e. The van der Waals surface area contributed by atoms with Gasteiger partial charge in [0.2, 0.25) is 0 Å². The van der Waals surface area contributed by atoms with E-state index in [0.717, 1.165) is 36.7 Å². The Bertz CT molecular complexity index is 910. The molecule has 1 fully saturated rings. The Balaban J connectivity index is 1.61. The van der Waals surface area contributed by atoms with Gasteiger partial charge in [0.15, 0.2) is 5.69 Å². The molecule has 26 heavy (non-hydrogen) atoms. The second kappa shape index (κ2) is 6.94. The Morgan fingerprint density at radius 3 is 2.54 bits per heavy atom. The molecule has 2 aromatic carbocycles. The minimum absolute atomic E-state index is 0.0724. The first-order valence-electron chi connectivity index (χ1n) is 9.57. The van der Waals surface area contributed by atoms with Gasteiger partial charge in [0.25, 0.3) is 5.91 Å². The van der Waals surface area contributed by atoms with Crippen molar-refractivity contribution in [2.45, 2.75) is 51.1 Å². The number of rotatable bonds is 7. The van der Waals surface area contributed by atoms with Crippen molar-refractivity contribution >= 4 is 16.8 Å². The van der Waals surface area contributed by atoms with E-state index in [0.29, 0.717) is 5.69 Å². The van der Waals surface area contributed by atoms with E-state index < -0.39 is 0 Å². The summed E-state index contributed by atoms with van der Waals surface area (Å²) in [5.74, 6) is -0.0724. The molecule has 4 nitrogen and oxygen atoms in total. The standard InChI is InChI=1S/C22H25N3O/c1-2-3-9-16-25-19-13-8-7-12-18(19)20(24-25)21(26)23-22(14-15-22)17-10-5-4-6-11-17/h4-8,10-13H,2-3,9,14-16H2,1H3,(H,23,26). The van der Waals surface area contributed by atoms with Gasteiger partial charge in [0.1, 0.15) is 0 Å². The number of hydrogen-bond acceptors (Lipinski definition) is 2. The summed E-state index contributed by atoms with van der Waals surface area (Å²) in [6.07, 6.45) is 5.39. The molecule has 1 aliphatic rings. The lowest BCUT2D eigenvalue weighted by Gasteiger charge is -2.17. The van der Waals surface area contributed by atoms with Gasteiger partial charge in [-0.25, -0.2) is 0 Å². The summed E-state index contributed by atoms with van der Waals surface area (Å²) in [7, 11) is 0. The number of aromatic nitrogens is 2. The van der Waals surface area contributed by atoms with Crippen LogP contribution in [-0.4, -0.2) is 15.7 Å². The number of benzene rings is 2. The van der Waals surface area contributed by atoms with E-state index in [4.69, 9.17) is 0 Å². The maximum absolute atomic E-state index is 13.0. The van der Waals surface area contributed by atoms with Crippen LogP contribution < -0.4 is 5.32 Å². The second-order valence-corrected chi connectivity index (χ2v) is 7.20. The zero-order valence-electron chi connectivity index (χ0n) is 15.2. The average Bonchev–Trinajstić information content (AvgIpc) is 3.37. The van der Waals surface area contributed by atoms with Crippen molar-refractivity contribution in [3.63, 3.8) is 0 Å². The van der Waals surface area contributed by atoms with Gasteiger partial charge < -0.3 is 5.32 Å². The zero-order chi connectivity index (χ0) is 18.0. The van der Waals surface area contributed by atoms with E-state index in [2.05, 4.69) is 35.5 Å². The minimum Gasteiger partial charge on any atom is -0.341 e. The molecule has 1 aliphatic carbocycles. The first-order valence-corrected chi connectivity index (χ1v) is 9.57. The molecule has 0 bridgehead atoms. The van der Waals surface area contributed by atoms with Crippen LogP contribution in [0.5, 0.6) is 0 Å². The van der Waals surface area contributed by atoms with Crippen molar-refractivity contribution < 1.29 is 4.79 Å². The Kier molecular flexibility index (Phi) is 4.49. The number of carbonyl (C=O) groups excluding carboxylic acids is 1. The molecule has 1 amide bonds. The number of nitrogens with zero attached hydrogens (tertiary/aromatic N) is 2. The second-order valence-electron chi connectivity index (χ2n) is 7.20. The van der Waals surface area contributed by atoms with Gasteiger partial charge in [0.05, 0.1) is 11.1 Å². The summed E-state index contributed by atoms with van der Waals surface area (Å²) in [6.45, 7) is 3.05. The predicted octanol–water partition coefficient (Wildman–Crippen LogP) is 4.65. The van der Waals surface area contributed by atoms with Crippen LogP contribution in [0.25, 0.3) is 10.9 Å². The Morgan fingerprint density at radius 2 is 1.81 bits per heavy atom. The summed E-state index contributed by atoms with van der Waals surface area (Å²) in [4.78, 5) is 13.0. The topological polar surface area (TPSA) is 46.9 Å². The Hall–Kier alpha value is -2.62. The van der Waals surface area contributed by atoms with Crippen LogP contribution >= 0.6 is 0 Å². The van der Waals surface area contributed by atoms with Gasteiger partial charge in [-0.15, -0.1) is 0 Å². The van der Waals surface area contributed by atoms with Crippen LogP contribution in [0, 0.1) is 0 Å². The van der Waals surface area contributed by atoms with Crippen molar-refractivity contribution in [3.05, 3.63) is 65.9 Å². The van der Waals surface area contributed by atoms with Gasteiger partial charge in [-0.3, -0.25) is 9.48 Å². The molecule has 0 radical (unpaired) electrons. The van der Waals surface area contributed by atoms with Crippen LogP contribution in [0.1, 0.15) is 55.1 Å². The van der Waals surface area contributed by atoms with Crippen LogP contribution in [0.4, 0.5) is 0 Å². The van der Waals surface area contributed by atoms with E-state index in [-0.39, 0.29) is 11.4 Å². The maximum atomic E-state index is 13.0. The molecule has 3 aromatic rings. The highest BCUT2D eigenvalue weighted by molar-refractivity contribution is 6.05. The average molecular weight is 347 g/mol. The van der Waals surface area contributed by atoms with Crippen LogP contribution in [0.3, 0.4) is 0 Å². The van der Waals surface area contributed by atoms with Crippen molar-refractivity contribution in [1.29, 1.82) is 0 Å². The number of nitrogens with one attached hydrogen (secondary N) is 1. The molecule has 4 heteroatoms. The summed E-state index contributed by atoms with van der Waals surface area (Å²) < 4.78 is 1.99. The quantitative estimate of drug-likeness (QED) is 0.633. The van der Waals surface area contributed by atoms with E-state index in [1.165, 1.54) is 18.4 Å². The third-order valence-electron chi connectivity index (χ3n) is 5.28. The van der Waals surface area contributed by atoms with Crippen LogP contribution in [-0.2, 0) is 12.1 Å². The maximum Gasteiger partial charge on any atom is 0.273 e. The number of fused-ring (bicyclic) bond motifs is 1. The molecule has 0 aliphatic heterocycles. The number of hydrogen-bond donors (Lipinski definition) is 1. The van der Waals surface area contributed by atoms with Gasteiger partial charge in [0, 0.05) is 11.9 Å². The van der Waals surface area contributed by atoms with Gasteiger partial charge in [-0.1, -0.05) is 68.3 Å². The summed E-state index contributed by atoms with van der Waals surface area (Å²) in [5.41, 5.74) is 2.54. The molecular formula is C22H25N3O. The van der Waals surface area contributed by atoms with Crippen molar-refractivity contribution in [3.8, 4) is 0 Å². The highest BCUT2D eigenvalue weighted by Crippen LogP contribution is 2.45. The summed E-state index contributed by atoms with van der Waals surface area (Å²) in [5, 5.41) is 8.86. The van der Waals surface area contributed by atoms with Gasteiger partial charge >= 0.3 is 0 Å². The fourth-order valence-corrected chi connectivity index (χ4v) is 3.62. The summed E-state index contributed by atoms with van der Waals surface area (Å²) >= 11 is 0. The molecule has 1 aromatic heterocycles. The lowest BCUT2D eigenvalue weighted by Crippen LogP contribution is -2.35. The number of carbonyl (C=O) groups is 1. The van der Waals surface area contributed by atoms with Crippen molar-refractivity contribution in [2.75, 3.05) is 0 Å². The Morgan fingerprint density at radius 1 is 1.08 bits per heavy atom. The molecule has 1 saturated carbocycles. The fraction of sp³-hybridized carbons (Fsp3) is 0.364. The number of para-hydroxylation sites is 1. The monoisotopic (exact) mass is 347 g/mol. The van der Waals surface area contributed by atoms with Crippen molar-refractivity contribution in [2.24, 2.45) is 0 Å². The smallest absolute Gasteiger partial charge is 0.273 e. The Labute approximate surface area is 154 Å². The number of unbranched alkanes of at least 4 members (excludes halogenated alkanes) is 2. The number of amides is 1. The lowest BCUT2D eigenvalue weighted by molar-refractivity contribution is 0.0926. The normalized spacial score (nSPS) is 15.1. The molecule has 1 N–H and O–H groups in total. The van der Waals surface area contributed by atoms with E-state index in [9.17, 15) is 4.79 Å². The third kappa shape index (κ3) is 3.12. The predicted molar refractivity (Wildman–Crippen MR) is 104 cm³/mol. The molecule has 0 atom stereocenters. The van der Waals surface area contributed by atoms with E-state index in [1.54, 1.807) is 0 Å². The van der Waals surface area contributed by atoms with Gasteiger partial charge in [-0.05, 0) is 30.9 Å². The molecule has 0 unspecified atom stereocenters. The highest BCUT2D eigenvalue weighted by atomic mass is 16.2. The fourth-order valence-electron chi connectivity index (χ4n) is 3.62. The van der Waals surface area contributed by atoms with Crippen LogP contribution in [0.2, 0.25) is 0 Å².